The molecule has 0 spiro atoms. The number of esters is 1. The first-order valence-corrected chi connectivity index (χ1v) is 9.97. The van der Waals surface area contributed by atoms with Crippen LogP contribution in [0.2, 0.25) is 0 Å². The van der Waals surface area contributed by atoms with Crippen LogP contribution in [-0.4, -0.2) is 54.5 Å². The topological polar surface area (TPSA) is 76.1 Å². The lowest BCUT2D eigenvalue weighted by Crippen LogP contribution is -2.47. The minimum absolute atomic E-state index is 0.0209. The number of aliphatic hydroxyl groups excluding tert-OH is 1. The number of piperidine rings is 1. The first-order valence-electron chi connectivity index (χ1n) is 9.97. The predicted octanol–water partition coefficient (Wildman–Crippen LogP) is 2.79. The summed E-state index contributed by atoms with van der Waals surface area (Å²) in [5, 5.41) is 10.3. The van der Waals surface area contributed by atoms with Crippen LogP contribution in [0.15, 0.2) is 48.5 Å². The fourth-order valence-corrected chi connectivity index (χ4v) is 5.42. The van der Waals surface area contributed by atoms with Crippen molar-refractivity contribution in [3.8, 4) is 11.1 Å². The van der Waals surface area contributed by atoms with Gasteiger partial charge in [-0.25, -0.2) is 4.79 Å². The molecule has 1 saturated heterocycles. The van der Waals surface area contributed by atoms with E-state index in [-0.39, 0.29) is 24.4 Å². The molecule has 2 aliphatic carbocycles. The Balaban J connectivity index is 1.34. The van der Waals surface area contributed by atoms with E-state index in [0.717, 1.165) is 11.1 Å². The Hall–Kier alpha value is -2.86. The molecule has 1 aliphatic heterocycles. The molecule has 0 aromatic heterocycles. The monoisotopic (exact) mass is 393 g/mol. The third-order valence-corrected chi connectivity index (χ3v) is 6.65. The highest BCUT2D eigenvalue weighted by molar-refractivity contribution is 5.80. The standard InChI is InChI=1S/C23H23NO5/c1-28-22(26)20-13-10-19(25)21(20)24(11-13)23(27)29-12-18-16-8-4-2-6-14(16)15-7-3-5-9-17(15)18/h2-9,13,18-21,25H,10-12H2,1H3/t13-,19+,20-,21-/m1/s1. The number of hydrogen-bond acceptors (Lipinski definition) is 5. The summed E-state index contributed by atoms with van der Waals surface area (Å²) in [5.74, 6) is -0.948. The summed E-state index contributed by atoms with van der Waals surface area (Å²) >= 11 is 0. The summed E-state index contributed by atoms with van der Waals surface area (Å²) in [6, 6.07) is 15.8. The van der Waals surface area contributed by atoms with E-state index in [1.165, 1.54) is 23.1 Å². The molecule has 0 unspecified atom stereocenters. The number of methoxy groups -OCH3 is 1. The van der Waals surface area contributed by atoms with E-state index in [0.29, 0.717) is 13.0 Å². The van der Waals surface area contributed by atoms with Gasteiger partial charge in [0.1, 0.15) is 6.61 Å². The Morgan fingerprint density at radius 2 is 1.69 bits per heavy atom. The Bertz CT molecular complexity index is 928. The molecule has 2 bridgehead atoms. The molecule has 29 heavy (non-hydrogen) atoms. The third-order valence-electron chi connectivity index (χ3n) is 6.65. The van der Waals surface area contributed by atoms with Crippen LogP contribution in [0, 0.1) is 11.8 Å². The van der Waals surface area contributed by atoms with Crippen molar-refractivity contribution in [3.63, 3.8) is 0 Å². The summed E-state index contributed by atoms with van der Waals surface area (Å²) < 4.78 is 10.6. The molecule has 1 N–H and O–H groups in total. The fraction of sp³-hybridized carbons (Fsp3) is 0.391. The van der Waals surface area contributed by atoms with Gasteiger partial charge in [-0.2, -0.15) is 0 Å². The zero-order valence-corrected chi connectivity index (χ0v) is 16.2. The van der Waals surface area contributed by atoms with Gasteiger partial charge in [0.25, 0.3) is 0 Å². The van der Waals surface area contributed by atoms with Gasteiger partial charge in [0.2, 0.25) is 0 Å². The van der Waals surface area contributed by atoms with Crippen molar-refractivity contribution >= 4 is 12.1 Å². The highest BCUT2D eigenvalue weighted by atomic mass is 16.6. The maximum absolute atomic E-state index is 12.9. The van der Waals surface area contributed by atoms with Crippen molar-refractivity contribution in [1.29, 1.82) is 0 Å². The number of ether oxygens (including phenoxy) is 2. The van der Waals surface area contributed by atoms with Crippen LogP contribution in [0.3, 0.4) is 0 Å². The number of nitrogens with zero attached hydrogens (tertiary/aromatic N) is 1. The summed E-state index contributed by atoms with van der Waals surface area (Å²) in [4.78, 5) is 26.5. The van der Waals surface area contributed by atoms with Gasteiger partial charge in [-0.05, 0) is 34.6 Å². The van der Waals surface area contributed by atoms with Gasteiger partial charge in [-0.15, -0.1) is 0 Å². The molecule has 1 amide bonds. The van der Waals surface area contributed by atoms with Crippen LogP contribution in [0.1, 0.15) is 23.5 Å². The molecule has 1 saturated carbocycles. The molecule has 1 heterocycles. The second-order valence-electron chi connectivity index (χ2n) is 8.06. The van der Waals surface area contributed by atoms with E-state index < -0.39 is 24.2 Å². The van der Waals surface area contributed by atoms with Crippen molar-refractivity contribution in [2.45, 2.75) is 24.5 Å². The van der Waals surface area contributed by atoms with Gasteiger partial charge in [-0.3, -0.25) is 4.79 Å². The zero-order valence-electron chi connectivity index (χ0n) is 16.2. The average Bonchev–Trinajstić information content (AvgIpc) is 3.38. The van der Waals surface area contributed by atoms with Crippen LogP contribution in [0.4, 0.5) is 4.79 Å². The maximum Gasteiger partial charge on any atom is 0.410 e. The van der Waals surface area contributed by atoms with E-state index in [1.54, 1.807) is 0 Å². The quantitative estimate of drug-likeness (QED) is 0.812. The van der Waals surface area contributed by atoms with Crippen molar-refractivity contribution in [3.05, 3.63) is 59.7 Å². The van der Waals surface area contributed by atoms with Crippen LogP contribution in [-0.2, 0) is 14.3 Å². The summed E-state index contributed by atoms with van der Waals surface area (Å²) in [6.07, 6.45) is -0.692. The molecule has 5 rings (SSSR count). The molecule has 3 aliphatic rings. The second-order valence-corrected chi connectivity index (χ2v) is 8.06. The molecule has 6 heteroatoms. The van der Waals surface area contributed by atoms with Crippen LogP contribution >= 0.6 is 0 Å². The van der Waals surface area contributed by atoms with Crippen molar-refractivity contribution < 1.29 is 24.2 Å². The molecular weight excluding hydrogens is 370 g/mol. The Morgan fingerprint density at radius 1 is 1.07 bits per heavy atom. The number of fused-ring (bicyclic) bond motifs is 5. The van der Waals surface area contributed by atoms with Gasteiger partial charge >= 0.3 is 12.1 Å². The number of carbonyl (C=O) groups excluding carboxylic acids is 2. The van der Waals surface area contributed by atoms with E-state index in [4.69, 9.17) is 9.47 Å². The Morgan fingerprint density at radius 3 is 2.31 bits per heavy atom. The smallest absolute Gasteiger partial charge is 0.410 e. The largest absolute Gasteiger partial charge is 0.469 e. The Labute approximate surface area is 169 Å². The van der Waals surface area contributed by atoms with E-state index >= 15 is 0 Å². The number of hydrogen-bond donors (Lipinski definition) is 1. The molecule has 0 radical (unpaired) electrons. The minimum Gasteiger partial charge on any atom is -0.469 e. The normalized spacial score (nSPS) is 26.9. The highest BCUT2D eigenvalue weighted by Gasteiger charge is 2.57. The number of rotatable bonds is 3. The van der Waals surface area contributed by atoms with Crippen molar-refractivity contribution in [2.24, 2.45) is 11.8 Å². The second kappa shape index (κ2) is 6.88. The van der Waals surface area contributed by atoms with Crippen molar-refractivity contribution in [1.82, 2.24) is 4.90 Å². The van der Waals surface area contributed by atoms with E-state index in [2.05, 4.69) is 24.3 Å². The van der Waals surface area contributed by atoms with Crippen LogP contribution in [0.25, 0.3) is 11.1 Å². The molecule has 2 aromatic carbocycles. The molecular formula is C23H23NO5. The van der Waals surface area contributed by atoms with Gasteiger partial charge in [0.05, 0.1) is 25.2 Å². The summed E-state index contributed by atoms with van der Waals surface area (Å²) in [7, 11) is 1.34. The number of likely N-dealkylation sites (tertiary alicyclic amines) is 1. The van der Waals surface area contributed by atoms with Gasteiger partial charge in [0.15, 0.2) is 0 Å². The first-order chi connectivity index (χ1) is 14.1. The third kappa shape index (κ3) is 2.74. The molecule has 150 valence electrons. The first kappa shape index (κ1) is 18.2. The van der Waals surface area contributed by atoms with Gasteiger partial charge in [0, 0.05) is 12.5 Å². The molecule has 2 aromatic rings. The number of aliphatic hydroxyl groups is 1. The fourth-order valence-electron chi connectivity index (χ4n) is 5.42. The maximum atomic E-state index is 12.9. The van der Waals surface area contributed by atoms with Crippen molar-refractivity contribution in [2.75, 3.05) is 20.3 Å². The highest BCUT2D eigenvalue weighted by Crippen LogP contribution is 2.46. The van der Waals surface area contributed by atoms with Crippen LogP contribution in [0.5, 0.6) is 0 Å². The number of amides is 1. The molecule has 6 nitrogen and oxygen atoms in total. The lowest BCUT2D eigenvalue weighted by Gasteiger charge is -2.30. The van der Waals surface area contributed by atoms with Gasteiger partial charge < -0.3 is 19.5 Å². The average molecular weight is 393 g/mol. The zero-order chi connectivity index (χ0) is 20.1. The van der Waals surface area contributed by atoms with Crippen LogP contribution < -0.4 is 0 Å². The summed E-state index contributed by atoms with van der Waals surface area (Å²) in [5.41, 5.74) is 4.64. The van der Waals surface area contributed by atoms with E-state index in [1.807, 2.05) is 24.3 Å². The van der Waals surface area contributed by atoms with Gasteiger partial charge in [-0.1, -0.05) is 48.5 Å². The Kier molecular flexibility index (Phi) is 4.32. The molecule has 2 fully saturated rings. The SMILES string of the molecule is COC(=O)[C@@H]1[C@@H]2C[C@H](O)[C@H]1N(C(=O)OCC1c3ccccc3-c3ccccc31)C2. The lowest BCUT2D eigenvalue weighted by molar-refractivity contribution is -0.146. The minimum atomic E-state index is -0.724. The predicted molar refractivity (Wildman–Crippen MR) is 105 cm³/mol. The molecule has 4 atom stereocenters. The van der Waals surface area contributed by atoms with E-state index in [9.17, 15) is 14.7 Å². The number of benzene rings is 2. The summed E-state index contributed by atoms with van der Waals surface area (Å²) in [6.45, 7) is 0.637. The number of carbonyl (C=O) groups is 2. The lowest BCUT2D eigenvalue weighted by atomic mass is 9.98.